The second kappa shape index (κ2) is 11.2. The molecule has 0 aliphatic carbocycles. The number of fused-ring (bicyclic) bond motifs is 1. The van der Waals surface area contributed by atoms with Gasteiger partial charge < -0.3 is 25.8 Å². The minimum atomic E-state index is -0.419. The highest BCUT2D eigenvalue weighted by molar-refractivity contribution is 6.05. The van der Waals surface area contributed by atoms with Crippen molar-refractivity contribution in [2.75, 3.05) is 41.8 Å². The van der Waals surface area contributed by atoms with Crippen LogP contribution in [0.4, 0.5) is 22.0 Å². The molecule has 0 atom stereocenters. The lowest BCUT2D eigenvalue weighted by molar-refractivity contribution is 0.102. The highest BCUT2D eigenvalue weighted by atomic mass is 35.5. The van der Waals surface area contributed by atoms with Gasteiger partial charge in [0.15, 0.2) is 11.6 Å². The molecule has 0 spiro atoms. The number of amides is 3. The Kier molecular flexibility index (Phi) is 8.06. The number of carbonyl (C=O) groups is 2. The molecule has 1 aliphatic heterocycles. The quantitative estimate of drug-likeness (QED) is 0.508. The molecule has 1 aromatic heterocycles. The van der Waals surface area contributed by atoms with Crippen LogP contribution in [0.25, 0.3) is 0 Å². The molecule has 0 saturated carbocycles. The lowest BCUT2D eigenvalue weighted by Crippen LogP contribution is -2.41. The van der Waals surface area contributed by atoms with E-state index < -0.39 is 5.91 Å². The Morgan fingerprint density at radius 2 is 1.82 bits per heavy atom. The molecule has 33 heavy (non-hydrogen) atoms. The van der Waals surface area contributed by atoms with Gasteiger partial charge in [0.05, 0.1) is 6.54 Å². The predicted octanol–water partition coefficient (Wildman–Crippen LogP) is 3.52. The van der Waals surface area contributed by atoms with Crippen molar-refractivity contribution in [3.63, 3.8) is 0 Å². The van der Waals surface area contributed by atoms with Crippen molar-refractivity contribution in [3.05, 3.63) is 72.4 Å². The summed E-state index contributed by atoms with van der Waals surface area (Å²) in [5, 5.41) is 5.63. The zero-order valence-corrected chi connectivity index (χ0v) is 18.5. The second-order valence-electron chi connectivity index (χ2n) is 6.93. The normalized spacial score (nSPS) is 12.0. The van der Waals surface area contributed by atoms with Crippen molar-refractivity contribution < 1.29 is 19.1 Å². The lowest BCUT2D eigenvalue weighted by Gasteiger charge is -2.28. The van der Waals surface area contributed by atoms with Crippen LogP contribution in [-0.4, -0.2) is 43.2 Å². The maximum absolute atomic E-state index is 12.8. The summed E-state index contributed by atoms with van der Waals surface area (Å²) < 4.78 is 11.1. The lowest BCUT2D eigenvalue weighted by atomic mass is 10.2. The maximum Gasteiger partial charge on any atom is 0.327 e. The minimum absolute atomic E-state index is 0. The summed E-state index contributed by atoms with van der Waals surface area (Å²) in [6.45, 7) is 1.42. The number of hydrogen-bond acceptors (Lipinski definition) is 6. The first-order valence-corrected chi connectivity index (χ1v) is 10.2. The van der Waals surface area contributed by atoms with Gasteiger partial charge in [-0.15, -0.1) is 12.4 Å². The van der Waals surface area contributed by atoms with Gasteiger partial charge in [0, 0.05) is 24.0 Å². The zero-order valence-electron chi connectivity index (χ0n) is 17.7. The van der Waals surface area contributed by atoms with Crippen LogP contribution < -0.4 is 30.7 Å². The maximum atomic E-state index is 12.8. The van der Waals surface area contributed by atoms with E-state index in [-0.39, 0.29) is 29.9 Å². The molecule has 2 aromatic carbocycles. The van der Waals surface area contributed by atoms with E-state index in [2.05, 4.69) is 15.6 Å². The minimum Gasteiger partial charge on any atom is -0.492 e. The van der Waals surface area contributed by atoms with Gasteiger partial charge in [0.2, 0.25) is 0 Å². The number of hydrogen-bond donors (Lipinski definition) is 3. The van der Waals surface area contributed by atoms with Crippen LogP contribution in [-0.2, 0) is 0 Å². The van der Waals surface area contributed by atoms with Crippen molar-refractivity contribution in [2.24, 2.45) is 5.73 Å². The summed E-state index contributed by atoms with van der Waals surface area (Å²) >= 11 is 0. The van der Waals surface area contributed by atoms with E-state index in [1.165, 1.54) is 4.90 Å². The van der Waals surface area contributed by atoms with Crippen molar-refractivity contribution >= 4 is 41.5 Å². The molecular weight excluding hydrogens is 446 g/mol. The molecule has 1 aliphatic rings. The Morgan fingerprint density at radius 3 is 2.61 bits per heavy atom. The zero-order chi connectivity index (χ0) is 22.3. The van der Waals surface area contributed by atoms with Gasteiger partial charge in [-0.2, -0.15) is 0 Å². The molecule has 2 heterocycles. The SMILES string of the molecule is Cl.NCCOc1cccc(NC(=O)c2ccc3c(n2)N(C(=O)Nc2ccccc2)CCO3)c1. The highest BCUT2D eigenvalue weighted by Gasteiger charge is 2.26. The molecule has 0 saturated heterocycles. The number of para-hydroxylation sites is 1. The number of ether oxygens (including phenoxy) is 2. The Morgan fingerprint density at radius 1 is 1.03 bits per heavy atom. The van der Waals surface area contributed by atoms with Crippen LogP contribution >= 0.6 is 12.4 Å². The van der Waals surface area contributed by atoms with Crippen LogP contribution in [0.5, 0.6) is 11.5 Å². The Balaban J connectivity index is 0.00000306. The fraction of sp³-hybridized carbons (Fsp3) is 0.174. The first-order chi connectivity index (χ1) is 15.6. The Bertz CT molecular complexity index is 1110. The van der Waals surface area contributed by atoms with Crippen LogP contribution in [0.2, 0.25) is 0 Å². The number of nitrogens with one attached hydrogen (secondary N) is 2. The number of aromatic nitrogens is 1. The van der Waals surface area contributed by atoms with Gasteiger partial charge in [0.25, 0.3) is 5.91 Å². The number of rotatable bonds is 6. The number of benzene rings is 2. The Labute approximate surface area is 197 Å². The molecular formula is C23H24ClN5O4. The fourth-order valence-electron chi connectivity index (χ4n) is 3.17. The molecule has 3 aromatic rings. The monoisotopic (exact) mass is 469 g/mol. The number of urea groups is 1. The summed E-state index contributed by atoms with van der Waals surface area (Å²) in [5.74, 6) is 0.909. The van der Waals surface area contributed by atoms with Crippen LogP contribution in [0.15, 0.2) is 66.7 Å². The fourth-order valence-corrected chi connectivity index (χ4v) is 3.17. The molecule has 9 nitrogen and oxygen atoms in total. The third-order valence-corrected chi connectivity index (χ3v) is 4.65. The van der Waals surface area contributed by atoms with Crippen LogP contribution in [0, 0.1) is 0 Å². The summed E-state index contributed by atoms with van der Waals surface area (Å²) in [7, 11) is 0. The van der Waals surface area contributed by atoms with Crippen molar-refractivity contribution in [1.82, 2.24) is 4.98 Å². The third-order valence-electron chi connectivity index (χ3n) is 4.65. The largest absolute Gasteiger partial charge is 0.492 e. The van der Waals surface area contributed by atoms with Crippen molar-refractivity contribution in [1.29, 1.82) is 0 Å². The highest BCUT2D eigenvalue weighted by Crippen LogP contribution is 2.30. The molecule has 0 bridgehead atoms. The summed E-state index contributed by atoms with van der Waals surface area (Å²) in [6.07, 6.45) is 0. The van der Waals surface area contributed by atoms with Gasteiger partial charge in [-0.1, -0.05) is 24.3 Å². The summed E-state index contributed by atoms with van der Waals surface area (Å²) in [6, 6.07) is 19.0. The van der Waals surface area contributed by atoms with Crippen molar-refractivity contribution in [2.45, 2.75) is 0 Å². The standard InChI is InChI=1S/C23H23N5O4.ClH/c24-11-13-31-18-8-4-7-17(15-18)25-22(29)19-9-10-20-21(27-19)28(12-14-32-20)23(30)26-16-5-2-1-3-6-16;/h1-10,15H,11-14,24H2,(H,25,29)(H,26,30);1H. The van der Waals surface area contributed by atoms with E-state index in [0.29, 0.717) is 49.2 Å². The summed E-state index contributed by atoms with van der Waals surface area (Å²) in [5.41, 5.74) is 6.83. The van der Waals surface area contributed by atoms with E-state index in [0.717, 1.165) is 0 Å². The average molecular weight is 470 g/mol. The molecule has 0 radical (unpaired) electrons. The van der Waals surface area contributed by atoms with Gasteiger partial charge in [0.1, 0.15) is 24.7 Å². The first kappa shape index (κ1) is 23.8. The van der Waals surface area contributed by atoms with Crippen LogP contribution in [0.1, 0.15) is 10.5 Å². The molecule has 3 amide bonds. The summed E-state index contributed by atoms with van der Waals surface area (Å²) in [4.78, 5) is 31.5. The number of carbonyl (C=O) groups excluding carboxylic acids is 2. The van der Waals surface area contributed by atoms with Crippen molar-refractivity contribution in [3.8, 4) is 11.5 Å². The molecule has 4 N–H and O–H groups in total. The van der Waals surface area contributed by atoms with Gasteiger partial charge in [-0.3, -0.25) is 9.69 Å². The van der Waals surface area contributed by atoms with Crippen LogP contribution in [0.3, 0.4) is 0 Å². The van der Waals surface area contributed by atoms with Gasteiger partial charge in [-0.05, 0) is 36.4 Å². The van der Waals surface area contributed by atoms with Gasteiger partial charge >= 0.3 is 6.03 Å². The van der Waals surface area contributed by atoms with E-state index in [4.69, 9.17) is 15.2 Å². The third kappa shape index (κ3) is 5.91. The molecule has 172 valence electrons. The average Bonchev–Trinajstić information content (AvgIpc) is 2.83. The van der Waals surface area contributed by atoms with E-state index >= 15 is 0 Å². The molecule has 4 rings (SSSR count). The first-order valence-electron chi connectivity index (χ1n) is 10.2. The molecule has 0 fully saturated rings. The number of halogens is 1. The number of nitrogens with two attached hydrogens (primary N) is 1. The Hall–Kier alpha value is -3.82. The number of pyridine rings is 1. The van der Waals surface area contributed by atoms with E-state index in [1.54, 1.807) is 48.5 Å². The molecule has 0 unspecified atom stereocenters. The second-order valence-corrected chi connectivity index (χ2v) is 6.93. The molecule has 10 heteroatoms. The van der Waals surface area contributed by atoms with E-state index in [1.807, 2.05) is 18.2 Å². The van der Waals surface area contributed by atoms with Gasteiger partial charge in [-0.25, -0.2) is 9.78 Å². The van der Waals surface area contributed by atoms with E-state index in [9.17, 15) is 9.59 Å². The number of nitrogens with zero attached hydrogens (tertiary/aromatic N) is 2. The topological polar surface area (TPSA) is 119 Å². The predicted molar refractivity (Wildman–Crippen MR) is 129 cm³/mol. The smallest absolute Gasteiger partial charge is 0.327 e. The number of anilines is 3.